The van der Waals surface area contributed by atoms with E-state index in [-0.39, 0.29) is 21.5 Å². The average Bonchev–Trinajstić information content (AvgIpc) is 2.81. The van der Waals surface area contributed by atoms with Crippen LogP contribution in [0.3, 0.4) is 0 Å². The third kappa shape index (κ3) is 4.20. The van der Waals surface area contributed by atoms with Crippen molar-refractivity contribution in [3.8, 4) is 11.5 Å². The Labute approximate surface area is 156 Å². The Morgan fingerprint density at radius 2 is 1.81 bits per heavy atom. The number of anilines is 2. The molecule has 3 rings (SSSR count). The molecule has 0 radical (unpaired) electrons. The fourth-order valence-corrected chi connectivity index (χ4v) is 3.77. The van der Waals surface area contributed by atoms with Gasteiger partial charge in [-0.3, -0.25) is 9.52 Å². The fourth-order valence-electron chi connectivity index (χ4n) is 2.39. The summed E-state index contributed by atoms with van der Waals surface area (Å²) in [7, 11) is -3.87. The Balaban J connectivity index is 1.85. The number of ether oxygens (including phenoxy) is 2. The van der Waals surface area contributed by atoms with Crippen LogP contribution in [0.2, 0.25) is 5.02 Å². The lowest BCUT2D eigenvalue weighted by atomic mass is 10.3. The summed E-state index contributed by atoms with van der Waals surface area (Å²) in [5.41, 5.74) is 0.675. The number of fused-ring (bicyclic) bond motifs is 1. The number of sulfonamides is 1. The molecule has 1 amide bonds. The summed E-state index contributed by atoms with van der Waals surface area (Å²) in [4.78, 5) is 11.1. The number of hydrogen-bond acceptors (Lipinski definition) is 5. The van der Waals surface area contributed by atoms with Gasteiger partial charge in [-0.15, -0.1) is 0 Å². The maximum Gasteiger partial charge on any atom is 0.262 e. The standard InChI is InChI=1S/C17H17ClN2O5S/c1-11(21)19-12-3-5-15(14(18)9-12)20-26(22,23)13-4-6-16-17(10-13)25-8-2-7-24-16/h3-6,9-10,20H,2,7-8H2,1H3,(H,19,21). The van der Waals surface area contributed by atoms with Crippen LogP contribution in [0.5, 0.6) is 11.5 Å². The van der Waals surface area contributed by atoms with Crippen molar-refractivity contribution in [1.29, 1.82) is 0 Å². The van der Waals surface area contributed by atoms with E-state index in [0.717, 1.165) is 6.42 Å². The first-order valence-electron chi connectivity index (χ1n) is 7.85. The number of carbonyl (C=O) groups is 1. The molecule has 138 valence electrons. The van der Waals surface area contributed by atoms with Gasteiger partial charge in [-0.25, -0.2) is 8.42 Å². The molecular formula is C17H17ClN2O5S. The molecule has 0 bridgehead atoms. The molecule has 0 fully saturated rings. The topological polar surface area (TPSA) is 93.7 Å². The van der Waals surface area contributed by atoms with Gasteiger partial charge in [-0.1, -0.05) is 11.6 Å². The molecular weight excluding hydrogens is 380 g/mol. The van der Waals surface area contributed by atoms with Gasteiger partial charge in [-0.05, 0) is 30.3 Å². The Morgan fingerprint density at radius 1 is 1.08 bits per heavy atom. The third-order valence-electron chi connectivity index (χ3n) is 3.56. The van der Waals surface area contributed by atoms with Crippen LogP contribution in [0.15, 0.2) is 41.3 Å². The van der Waals surface area contributed by atoms with Gasteiger partial charge < -0.3 is 14.8 Å². The second kappa shape index (κ2) is 7.43. The van der Waals surface area contributed by atoms with E-state index >= 15 is 0 Å². The molecule has 9 heteroatoms. The predicted octanol–water partition coefficient (Wildman–Crippen LogP) is 3.26. The maximum atomic E-state index is 12.7. The zero-order chi connectivity index (χ0) is 18.7. The maximum absolute atomic E-state index is 12.7. The highest BCUT2D eigenvalue weighted by Crippen LogP contribution is 2.33. The summed E-state index contributed by atoms with van der Waals surface area (Å²) in [6, 6.07) is 8.93. The molecule has 1 aliphatic rings. The second-order valence-electron chi connectivity index (χ2n) is 5.64. The Kier molecular flexibility index (Phi) is 5.24. The molecule has 7 nitrogen and oxygen atoms in total. The zero-order valence-electron chi connectivity index (χ0n) is 13.9. The van der Waals surface area contributed by atoms with Crippen LogP contribution in [-0.4, -0.2) is 27.5 Å². The van der Waals surface area contributed by atoms with Crippen molar-refractivity contribution in [2.24, 2.45) is 0 Å². The summed E-state index contributed by atoms with van der Waals surface area (Å²) >= 11 is 6.12. The van der Waals surface area contributed by atoms with Crippen molar-refractivity contribution < 1.29 is 22.7 Å². The molecule has 1 aliphatic heterocycles. The van der Waals surface area contributed by atoms with Gasteiger partial charge in [0, 0.05) is 25.1 Å². The van der Waals surface area contributed by atoms with Gasteiger partial charge >= 0.3 is 0 Å². The summed E-state index contributed by atoms with van der Waals surface area (Å²) in [5.74, 6) is 0.651. The number of carbonyl (C=O) groups excluding carboxylic acids is 1. The van der Waals surface area contributed by atoms with Crippen LogP contribution in [0.4, 0.5) is 11.4 Å². The molecule has 0 saturated carbocycles. The molecule has 0 saturated heterocycles. The van der Waals surface area contributed by atoms with Crippen molar-refractivity contribution in [2.75, 3.05) is 23.3 Å². The smallest absolute Gasteiger partial charge is 0.262 e. The van der Waals surface area contributed by atoms with Crippen LogP contribution < -0.4 is 19.5 Å². The van der Waals surface area contributed by atoms with Gasteiger partial charge in [0.25, 0.3) is 10.0 Å². The first-order chi connectivity index (χ1) is 12.3. The van der Waals surface area contributed by atoms with Gasteiger partial charge in [0.15, 0.2) is 11.5 Å². The van der Waals surface area contributed by atoms with E-state index in [1.165, 1.54) is 31.2 Å². The van der Waals surface area contributed by atoms with Crippen molar-refractivity contribution in [3.63, 3.8) is 0 Å². The molecule has 1 heterocycles. The minimum Gasteiger partial charge on any atom is -0.490 e. The van der Waals surface area contributed by atoms with Gasteiger partial charge in [0.2, 0.25) is 5.91 Å². The first kappa shape index (κ1) is 18.3. The first-order valence-corrected chi connectivity index (χ1v) is 9.71. The highest BCUT2D eigenvalue weighted by atomic mass is 35.5. The number of amides is 1. The van der Waals surface area contributed by atoms with Crippen molar-refractivity contribution in [2.45, 2.75) is 18.2 Å². The van der Waals surface area contributed by atoms with E-state index in [2.05, 4.69) is 10.0 Å². The van der Waals surface area contributed by atoms with Gasteiger partial charge in [0.1, 0.15) is 0 Å². The number of nitrogens with one attached hydrogen (secondary N) is 2. The van der Waals surface area contributed by atoms with E-state index in [1.807, 2.05) is 0 Å². The fraction of sp³-hybridized carbons (Fsp3) is 0.235. The highest BCUT2D eigenvalue weighted by Gasteiger charge is 2.20. The summed E-state index contributed by atoms with van der Waals surface area (Å²) < 4.78 is 38.8. The van der Waals surface area contributed by atoms with E-state index in [9.17, 15) is 13.2 Å². The minimum atomic E-state index is -3.87. The summed E-state index contributed by atoms with van der Waals surface area (Å²) in [6.45, 7) is 2.35. The molecule has 2 aromatic carbocycles. The Bertz CT molecular complexity index is 946. The SMILES string of the molecule is CC(=O)Nc1ccc(NS(=O)(=O)c2ccc3c(c2)OCCCO3)c(Cl)c1. The van der Waals surface area contributed by atoms with Gasteiger partial charge in [-0.2, -0.15) is 0 Å². The quantitative estimate of drug-likeness (QED) is 0.827. The molecule has 0 unspecified atom stereocenters. The van der Waals surface area contributed by atoms with Gasteiger partial charge in [0.05, 0.1) is 28.8 Å². The molecule has 0 spiro atoms. The molecule has 0 aromatic heterocycles. The van der Waals surface area contributed by atoms with Crippen LogP contribution in [0.25, 0.3) is 0 Å². The van der Waals surface area contributed by atoms with Crippen molar-refractivity contribution in [3.05, 3.63) is 41.4 Å². The van der Waals surface area contributed by atoms with Crippen molar-refractivity contribution >= 4 is 38.9 Å². The lowest BCUT2D eigenvalue weighted by Crippen LogP contribution is -2.14. The minimum absolute atomic E-state index is 0.0313. The predicted molar refractivity (Wildman–Crippen MR) is 98.6 cm³/mol. The second-order valence-corrected chi connectivity index (χ2v) is 7.73. The van der Waals surface area contributed by atoms with E-state index in [0.29, 0.717) is 30.4 Å². The molecule has 0 aliphatic carbocycles. The molecule has 26 heavy (non-hydrogen) atoms. The van der Waals surface area contributed by atoms with Crippen LogP contribution in [0.1, 0.15) is 13.3 Å². The lowest BCUT2D eigenvalue weighted by molar-refractivity contribution is -0.114. The van der Waals surface area contributed by atoms with Crippen LogP contribution in [0, 0.1) is 0 Å². The molecule has 2 aromatic rings. The Hall–Kier alpha value is -2.45. The summed E-state index contributed by atoms with van der Waals surface area (Å²) in [6.07, 6.45) is 0.727. The average molecular weight is 397 g/mol. The molecule has 0 atom stereocenters. The van der Waals surface area contributed by atoms with Crippen molar-refractivity contribution in [1.82, 2.24) is 0 Å². The largest absolute Gasteiger partial charge is 0.490 e. The monoisotopic (exact) mass is 396 g/mol. The normalized spacial score (nSPS) is 13.6. The number of hydrogen-bond donors (Lipinski definition) is 2. The third-order valence-corrected chi connectivity index (χ3v) is 5.24. The molecule has 2 N–H and O–H groups in total. The zero-order valence-corrected chi connectivity index (χ0v) is 15.5. The number of rotatable bonds is 4. The van der Waals surface area contributed by atoms with E-state index in [1.54, 1.807) is 12.1 Å². The lowest BCUT2D eigenvalue weighted by Gasteiger charge is -2.13. The van der Waals surface area contributed by atoms with Crippen LogP contribution in [-0.2, 0) is 14.8 Å². The number of benzene rings is 2. The van der Waals surface area contributed by atoms with Crippen LogP contribution >= 0.6 is 11.6 Å². The van der Waals surface area contributed by atoms with E-state index in [4.69, 9.17) is 21.1 Å². The Morgan fingerprint density at radius 3 is 2.50 bits per heavy atom. The summed E-state index contributed by atoms with van der Waals surface area (Å²) in [5, 5.41) is 2.74. The number of halogens is 1. The highest BCUT2D eigenvalue weighted by molar-refractivity contribution is 7.92. The van der Waals surface area contributed by atoms with E-state index < -0.39 is 10.0 Å².